The van der Waals surface area contributed by atoms with Crippen molar-refractivity contribution in [2.45, 2.75) is 25.8 Å². The highest BCUT2D eigenvalue weighted by Crippen LogP contribution is 2.22. The van der Waals surface area contributed by atoms with E-state index in [0.29, 0.717) is 25.6 Å². The van der Waals surface area contributed by atoms with Crippen LogP contribution in [0.1, 0.15) is 19.8 Å². The third kappa shape index (κ3) is 2.64. The monoisotopic (exact) mass is 255 g/mol. The van der Waals surface area contributed by atoms with Crippen LogP contribution in [-0.2, 0) is 9.53 Å². The number of rotatable bonds is 3. The van der Waals surface area contributed by atoms with Crippen LogP contribution in [0.15, 0.2) is 0 Å². The molecule has 2 rings (SSSR count). The number of cyclic esters (lactones) is 1. The molecule has 2 N–H and O–H groups in total. The Hall–Kier alpha value is -1.14. The van der Waals surface area contributed by atoms with E-state index in [1.54, 1.807) is 0 Å². The highest BCUT2D eigenvalue weighted by atomic mass is 16.6. The van der Waals surface area contributed by atoms with Gasteiger partial charge in [-0.25, -0.2) is 9.69 Å². The lowest BCUT2D eigenvalue weighted by atomic mass is 9.91. The fourth-order valence-electron chi connectivity index (χ4n) is 2.79. The second kappa shape index (κ2) is 5.67. The summed E-state index contributed by atoms with van der Waals surface area (Å²) in [5, 5.41) is 0. The van der Waals surface area contributed by atoms with E-state index in [1.807, 2.05) is 0 Å². The molecular weight excluding hydrogens is 234 g/mol. The zero-order chi connectivity index (χ0) is 13.1. The minimum absolute atomic E-state index is 0.176. The first-order valence-electron chi connectivity index (χ1n) is 6.54. The summed E-state index contributed by atoms with van der Waals surface area (Å²) in [5.74, 6) is 0.326. The molecule has 2 saturated heterocycles. The number of nitrogens with two attached hydrogens (primary N) is 1. The van der Waals surface area contributed by atoms with Crippen LogP contribution in [0.4, 0.5) is 4.79 Å². The Morgan fingerprint density at radius 2 is 2.28 bits per heavy atom. The molecule has 102 valence electrons. The van der Waals surface area contributed by atoms with Crippen molar-refractivity contribution < 1.29 is 14.3 Å². The standard InChI is InChI=1S/C12H21N3O3/c1-9-3-2-4-14(10(9)7-13)8-11(16)15-5-6-18-12(15)17/h9-10H,2-8,13H2,1H3. The molecule has 0 saturated carbocycles. The van der Waals surface area contributed by atoms with Gasteiger partial charge in [0.15, 0.2) is 0 Å². The molecule has 2 aliphatic rings. The lowest BCUT2D eigenvalue weighted by Crippen LogP contribution is -2.52. The topological polar surface area (TPSA) is 75.9 Å². The number of hydrogen-bond donors (Lipinski definition) is 1. The number of carbonyl (C=O) groups excluding carboxylic acids is 2. The maximum atomic E-state index is 12.0. The molecule has 0 radical (unpaired) electrons. The van der Waals surface area contributed by atoms with Crippen molar-refractivity contribution in [2.75, 3.05) is 32.8 Å². The summed E-state index contributed by atoms with van der Waals surface area (Å²) in [6, 6.07) is 0.237. The summed E-state index contributed by atoms with van der Waals surface area (Å²) in [4.78, 5) is 26.6. The largest absolute Gasteiger partial charge is 0.447 e. The first-order chi connectivity index (χ1) is 8.63. The molecule has 0 bridgehead atoms. The molecule has 2 amide bonds. The van der Waals surface area contributed by atoms with Crippen molar-refractivity contribution in [3.8, 4) is 0 Å². The van der Waals surface area contributed by atoms with Gasteiger partial charge in [-0.2, -0.15) is 0 Å². The molecule has 0 aliphatic carbocycles. The van der Waals surface area contributed by atoms with E-state index in [2.05, 4.69) is 11.8 Å². The average Bonchev–Trinajstić information content (AvgIpc) is 2.76. The molecule has 0 spiro atoms. The Morgan fingerprint density at radius 1 is 1.50 bits per heavy atom. The zero-order valence-electron chi connectivity index (χ0n) is 10.8. The van der Waals surface area contributed by atoms with Crippen LogP contribution in [0.3, 0.4) is 0 Å². The molecule has 0 aromatic heterocycles. The quantitative estimate of drug-likeness (QED) is 0.769. The number of piperidine rings is 1. The van der Waals surface area contributed by atoms with Gasteiger partial charge in [-0.3, -0.25) is 9.69 Å². The van der Waals surface area contributed by atoms with Gasteiger partial charge in [0.1, 0.15) is 6.61 Å². The molecule has 0 aromatic carbocycles. The normalized spacial score (nSPS) is 29.4. The summed E-state index contributed by atoms with van der Waals surface area (Å²) in [6.45, 7) is 4.54. The third-order valence-electron chi connectivity index (χ3n) is 3.87. The number of imide groups is 1. The Bertz CT molecular complexity index is 335. The lowest BCUT2D eigenvalue weighted by Gasteiger charge is -2.39. The fourth-order valence-corrected chi connectivity index (χ4v) is 2.79. The Labute approximate surface area is 107 Å². The van der Waals surface area contributed by atoms with Crippen LogP contribution in [0, 0.1) is 5.92 Å². The highest BCUT2D eigenvalue weighted by molar-refractivity contribution is 5.94. The number of hydrogen-bond acceptors (Lipinski definition) is 5. The Morgan fingerprint density at radius 3 is 2.89 bits per heavy atom. The minimum atomic E-state index is -0.519. The van der Waals surface area contributed by atoms with Crippen LogP contribution >= 0.6 is 0 Å². The molecule has 2 atom stereocenters. The van der Waals surface area contributed by atoms with E-state index < -0.39 is 6.09 Å². The van der Waals surface area contributed by atoms with Crippen molar-refractivity contribution >= 4 is 12.0 Å². The van der Waals surface area contributed by atoms with Gasteiger partial charge in [0.05, 0.1) is 13.1 Å². The van der Waals surface area contributed by atoms with Crippen molar-refractivity contribution in [2.24, 2.45) is 11.7 Å². The van der Waals surface area contributed by atoms with E-state index >= 15 is 0 Å². The van der Waals surface area contributed by atoms with Gasteiger partial charge in [-0.1, -0.05) is 6.92 Å². The van der Waals surface area contributed by atoms with E-state index in [4.69, 9.17) is 10.5 Å². The van der Waals surface area contributed by atoms with Gasteiger partial charge in [0, 0.05) is 12.6 Å². The van der Waals surface area contributed by atoms with Crippen LogP contribution in [-0.4, -0.2) is 60.6 Å². The molecule has 18 heavy (non-hydrogen) atoms. The van der Waals surface area contributed by atoms with Gasteiger partial charge in [-0.15, -0.1) is 0 Å². The molecule has 2 fully saturated rings. The molecular formula is C12H21N3O3. The third-order valence-corrected chi connectivity index (χ3v) is 3.87. The van der Waals surface area contributed by atoms with Gasteiger partial charge in [-0.05, 0) is 25.3 Å². The van der Waals surface area contributed by atoms with Crippen molar-refractivity contribution in [3.05, 3.63) is 0 Å². The summed E-state index contributed by atoms with van der Waals surface area (Å²) < 4.78 is 4.77. The Balaban J connectivity index is 1.95. The first kappa shape index (κ1) is 13.3. The van der Waals surface area contributed by atoms with E-state index in [9.17, 15) is 9.59 Å². The summed E-state index contributed by atoms with van der Waals surface area (Å²) in [5.41, 5.74) is 5.78. The maximum Gasteiger partial charge on any atom is 0.416 e. The maximum absolute atomic E-state index is 12.0. The zero-order valence-corrected chi connectivity index (χ0v) is 10.8. The van der Waals surface area contributed by atoms with E-state index in [1.165, 1.54) is 4.90 Å². The summed E-state index contributed by atoms with van der Waals surface area (Å²) in [7, 11) is 0. The molecule has 2 heterocycles. The smallest absolute Gasteiger partial charge is 0.416 e. The predicted molar refractivity (Wildman–Crippen MR) is 65.9 cm³/mol. The van der Waals surface area contributed by atoms with Crippen molar-refractivity contribution in [1.29, 1.82) is 0 Å². The van der Waals surface area contributed by atoms with Gasteiger partial charge < -0.3 is 10.5 Å². The molecule has 0 aromatic rings. The van der Waals surface area contributed by atoms with Gasteiger partial charge in [0.2, 0.25) is 5.91 Å². The lowest BCUT2D eigenvalue weighted by molar-refractivity contribution is -0.130. The average molecular weight is 255 g/mol. The van der Waals surface area contributed by atoms with Gasteiger partial charge in [0.25, 0.3) is 0 Å². The molecule has 2 aliphatic heterocycles. The number of nitrogens with zero attached hydrogens (tertiary/aromatic N) is 2. The molecule has 6 heteroatoms. The van der Waals surface area contributed by atoms with Crippen LogP contribution in [0.2, 0.25) is 0 Å². The second-order valence-corrected chi connectivity index (χ2v) is 5.05. The van der Waals surface area contributed by atoms with E-state index in [0.717, 1.165) is 19.4 Å². The Kier molecular flexibility index (Phi) is 4.19. The summed E-state index contributed by atoms with van der Waals surface area (Å²) in [6.07, 6.45) is 1.71. The van der Waals surface area contributed by atoms with Gasteiger partial charge >= 0.3 is 6.09 Å². The predicted octanol–water partition coefficient (Wildman–Crippen LogP) is 0.0244. The minimum Gasteiger partial charge on any atom is -0.447 e. The number of carbonyl (C=O) groups is 2. The first-order valence-corrected chi connectivity index (χ1v) is 6.54. The molecule has 2 unspecified atom stereocenters. The van der Waals surface area contributed by atoms with Crippen LogP contribution in [0.5, 0.6) is 0 Å². The SMILES string of the molecule is CC1CCCN(CC(=O)N2CCOC2=O)C1CN. The molecule has 6 nitrogen and oxygen atoms in total. The van der Waals surface area contributed by atoms with Crippen LogP contribution in [0.25, 0.3) is 0 Å². The number of ether oxygens (including phenoxy) is 1. The highest BCUT2D eigenvalue weighted by Gasteiger charge is 2.33. The van der Waals surface area contributed by atoms with E-state index in [-0.39, 0.29) is 18.5 Å². The number of likely N-dealkylation sites (tertiary alicyclic amines) is 1. The second-order valence-electron chi connectivity index (χ2n) is 5.05. The number of amides is 2. The van der Waals surface area contributed by atoms with Crippen LogP contribution < -0.4 is 5.73 Å². The fraction of sp³-hybridized carbons (Fsp3) is 0.833. The van der Waals surface area contributed by atoms with Crippen molar-refractivity contribution in [1.82, 2.24) is 9.80 Å². The van der Waals surface area contributed by atoms with Crippen molar-refractivity contribution in [3.63, 3.8) is 0 Å². The summed E-state index contributed by atoms with van der Waals surface area (Å²) >= 11 is 0.